The predicted octanol–water partition coefficient (Wildman–Crippen LogP) is 8.08. The second kappa shape index (κ2) is 12.4. The van der Waals surface area contributed by atoms with E-state index in [0.29, 0.717) is 23.8 Å². The highest BCUT2D eigenvalue weighted by Crippen LogP contribution is 2.24. The first kappa shape index (κ1) is 25.5. The van der Waals surface area contributed by atoms with Crippen LogP contribution in [0.25, 0.3) is 10.8 Å². The Kier molecular flexibility index (Phi) is 8.79. The van der Waals surface area contributed by atoms with Gasteiger partial charge in [-0.05, 0) is 84.4 Å². The molecule has 0 aliphatic carbocycles. The van der Waals surface area contributed by atoms with Gasteiger partial charge in [-0.25, -0.2) is 8.78 Å². The number of nitriles is 1. The monoisotopic (exact) mass is 482 g/mol. The fraction of sp³-hybridized carbons (Fsp3) is 0.312. The van der Waals surface area contributed by atoms with E-state index in [-0.39, 0.29) is 11.4 Å². The Bertz CT molecular complexity index is 1350. The molecule has 0 N–H and O–H groups in total. The van der Waals surface area contributed by atoms with Gasteiger partial charge in [-0.15, -0.1) is 0 Å². The van der Waals surface area contributed by atoms with Gasteiger partial charge in [-0.1, -0.05) is 68.7 Å². The molecule has 0 bridgehead atoms. The van der Waals surface area contributed by atoms with E-state index >= 15 is 4.39 Å². The highest BCUT2D eigenvalue weighted by Gasteiger charge is 2.10. The zero-order valence-corrected chi connectivity index (χ0v) is 20.9. The molecule has 36 heavy (non-hydrogen) atoms. The van der Waals surface area contributed by atoms with Gasteiger partial charge in [0.2, 0.25) is 0 Å². The van der Waals surface area contributed by atoms with Gasteiger partial charge in [0.1, 0.15) is 17.7 Å². The number of fused-ring (bicyclic) bond motifs is 1. The Hall–Kier alpha value is -3.58. The molecule has 1 heterocycles. The molecule has 2 nitrogen and oxygen atoms in total. The molecule has 184 valence electrons. The van der Waals surface area contributed by atoms with E-state index in [1.165, 1.54) is 43.4 Å². The number of halogens is 2. The summed E-state index contributed by atoms with van der Waals surface area (Å²) in [7, 11) is 0. The predicted molar refractivity (Wildman–Crippen MR) is 142 cm³/mol. The molecule has 4 aromatic rings. The molecule has 3 aromatic carbocycles. The fourth-order valence-corrected chi connectivity index (χ4v) is 4.60. The number of unbranched alkanes of at least 4 members (excludes halogenated alkanes) is 3. The molecule has 4 heteroatoms. The van der Waals surface area contributed by atoms with Crippen LogP contribution in [0.2, 0.25) is 0 Å². The first-order valence-electron chi connectivity index (χ1n) is 12.9. The van der Waals surface area contributed by atoms with Crippen molar-refractivity contribution in [2.24, 2.45) is 0 Å². The van der Waals surface area contributed by atoms with Crippen LogP contribution in [0.1, 0.15) is 66.1 Å². The number of pyridine rings is 1. The minimum Gasteiger partial charge on any atom is -0.261 e. The zero-order chi connectivity index (χ0) is 25.3. The fourth-order valence-electron chi connectivity index (χ4n) is 4.60. The standard InChI is InChI=1S/C32H32F2N2/c1-2-3-4-5-6-25-10-17-29(36-22-25)16-9-23-11-18-30-27(19-23)15-14-26(32(30)34)12-7-24-8-13-28(21-35)31(33)20-24/h8,10-11,13-15,17-20,22H,2-7,9,12,16H2,1H3. The second-order valence-electron chi connectivity index (χ2n) is 9.49. The third kappa shape index (κ3) is 6.55. The summed E-state index contributed by atoms with van der Waals surface area (Å²) in [6.45, 7) is 2.23. The number of aryl methyl sites for hydroxylation is 5. The van der Waals surface area contributed by atoms with Crippen molar-refractivity contribution in [1.82, 2.24) is 4.98 Å². The molecule has 0 aliphatic heterocycles. The van der Waals surface area contributed by atoms with E-state index in [4.69, 9.17) is 5.26 Å². The maximum Gasteiger partial charge on any atom is 0.141 e. The lowest BCUT2D eigenvalue weighted by Crippen LogP contribution is -1.98. The Morgan fingerprint density at radius 3 is 2.28 bits per heavy atom. The van der Waals surface area contributed by atoms with Crippen molar-refractivity contribution in [3.8, 4) is 6.07 Å². The van der Waals surface area contributed by atoms with Crippen molar-refractivity contribution in [1.29, 1.82) is 5.26 Å². The molecule has 0 saturated carbocycles. The summed E-state index contributed by atoms with van der Waals surface area (Å²) in [5.74, 6) is -0.751. The average Bonchev–Trinajstić information content (AvgIpc) is 2.90. The molecule has 0 aliphatic rings. The number of rotatable bonds is 11. The second-order valence-corrected chi connectivity index (χ2v) is 9.49. The van der Waals surface area contributed by atoms with Crippen LogP contribution in [0.4, 0.5) is 8.78 Å². The quantitative estimate of drug-likeness (QED) is 0.203. The van der Waals surface area contributed by atoms with E-state index in [1.807, 2.05) is 36.5 Å². The van der Waals surface area contributed by atoms with Gasteiger partial charge in [-0.3, -0.25) is 4.98 Å². The van der Waals surface area contributed by atoms with E-state index in [0.717, 1.165) is 41.5 Å². The number of hydrogen-bond donors (Lipinski definition) is 0. The van der Waals surface area contributed by atoms with Crippen molar-refractivity contribution in [2.45, 2.75) is 64.7 Å². The van der Waals surface area contributed by atoms with Gasteiger partial charge in [0.05, 0.1) is 5.56 Å². The van der Waals surface area contributed by atoms with E-state index < -0.39 is 5.82 Å². The Morgan fingerprint density at radius 1 is 0.750 bits per heavy atom. The van der Waals surface area contributed by atoms with Crippen molar-refractivity contribution in [2.75, 3.05) is 0 Å². The van der Waals surface area contributed by atoms with Gasteiger partial charge in [0.25, 0.3) is 0 Å². The molecule has 0 atom stereocenters. The maximum absolute atomic E-state index is 15.2. The summed E-state index contributed by atoms with van der Waals surface area (Å²) in [5.41, 5.74) is 4.92. The van der Waals surface area contributed by atoms with E-state index in [1.54, 1.807) is 6.07 Å². The number of nitrogens with zero attached hydrogens (tertiary/aromatic N) is 2. The van der Waals surface area contributed by atoms with E-state index in [9.17, 15) is 4.39 Å². The van der Waals surface area contributed by atoms with Crippen LogP contribution in [0.3, 0.4) is 0 Å². The smallest absolute Gasteiger partial charge is 0.141 e. The molecular weight excluding hydrogens is 450 g/mol. The molecular formula is C32H32F2N2. The van der Waals surface area contributed by atoms with Crippen LogP contribution in [-0.4, -0.2) is 4.98 Å². The summed E-state index contributed by atoms with van der Waals surface area (Å²) >= 11 is 0. The van der Waals surface area contributed by atoms with Crippen LogP contribution in [-0.2, 0) is 32.1 Å². The molecule has 0 fully saturated rings. The van der Waals surface area contributed by atoms with Crippen LogP contribution in [0.15, 0.2) is 66.9 Å². The topological polar surface area (TPSA) is 36.7 Å². The summed E-state index contributed by atoms with van der Waals surface area (Å²) in [5, 5.41) is 10.4. The lowest BCUT2D eigenvalue weighted by atomic mass is 9.97. The number of benzene rings is 3. The summed E-state index contributed by atoms with van der Waals surface area (Å²) in [4.78, 5) is 4.64. The Morgan fingerprint density at radius 2 is 1.53 bits per heavy atom. The molecule has 0 unspecified atom stereocenters. The first-order chi connectivity index (χ1) is 17.6. The molecule has 0 spiro atoms. The average molecular weight is 483 g/mol. The molecule has 0 radical (unpaired) electrons. The summed E-state index contributed by atoms with van der Waals surface area (Å²) in [6, 6.07) is 20.4. The van der Waals surface area contributed by atoms with Gasteiger partial charge in [-0.2, -0.15) is 5.26 Å². The third-order valence-electron chi connectivity index (χ3n) is 6.81. The Labute approximate surface area is 212 Å². The van der Waals surface area contributed by atoms with Gasteiger partial charge < -0.3 is 0 Å². The highest BCUT2D eigenvalue weighted by molar-refractivity contribution is 5.84. The SMILES string of the molecule is CCCCCCc1ccc(CCc2ccc3c(F)c(CCc4ccc(C#N)c(F)c4)ccc3c2)nc1. The summed E-state index contributed by atoms with van der Waals surface area (Å²) in [6.07, 6.45) is 10.8. The lowest BCUT2D eigenvalue weighted by Gasteiger charge is -2.09. The van der Waals surface area contributed by atoms with Crippen LogP contribution >= 0.6 is 0 Å². The molecule has 0 saturated heterocycles. The normalized spacial score (nSPS) is 11.1. The van der Waals surface area contributed by atoms with E-state index in [2.05, 4.69) is 30.1 Å². The van der Waals surface area contributed by atoms with Crippen molar-refractivity contribution >= 4 is 10.8 Å². The summed E-state index contributed by atoms with van der Waals surface area (Å²) < 4.78 is 29.1. The largest absolute Gasteiger partial charge is 0.261 e. The Balaban J connectivity index is 1.36. The molecule has 4 rings (SSSR count). The van der Waals surface area contributed by atoms with Crippen molar-refractivity contribution in [3.05, 3.63) is 112 Å². The van der Waals surface area contributed by atoms with Crippen LogP contribution < -0.4 is 0 Å². The van der Waals surface area contributed by atoms with Crippen molar-refractivity contribution in [3.63, 3.8) is 0 Å². The van der Waals surface area contributed by atoms with Gasteiger partial charge >= 0.3 is 0 Å². The first-order valence-corrected chi connectivity index (χ1v) is 12.9. The molecule has 0 amide bonds. The third-order valence-corrected chi connectivity index (χ3v) is 6.81. The van der Waals surface area contributed by atoms with Crippen LogP contribution in [0, 0.1) is 23.0 Å². The zero-order valence-electron chi connectivity index (χ0n) is 20.9. The number of hydrogen-bond acceptors (Lipinski definition) is 2. The van der Waals surface area contributed by atoms with Crippen molar-refractivity contribution < 1.29 is 8.78 Å². The van der Waals surface area contributed by atoms with Gasteiger partial charge in [0.15, 0.2) is 0 Å². The van der Waals surface area contributed by atoms with Gasteiger partial charge in [0, 0.05) is 17.3 Å². The van der Waals surface area contributed by atoms with Crippen LogP contribution in [0.5, 0.6) is 0 Å². The number of aromatic nitrogens is 1. The maximum atomic E-state index is 15.2. The molecule has 1 aromatic heterocycles. The minimum atomic E-state index is -0.532. The minimum absolute atomic E-state index is 0.0250. The highest BCUT2D eigenvalue weighted by atomic mass is 19.1. The lowest BCUT2D eigenvalue weighted by molar-refractivity contribution is 0.616.